The van der Waals surface area contributed by atoms with Crippen molar-refractivity contribution in [3.63, 3.8) is 0 Å². The molecule has 0 aliphatic heterocycles. The van der Waals surface area contributed by atoms with Crippen LogP contribution in [0.1, 0.15) is 16.2 Å². The minimum absolute atomic E-state index is 0.0723. The Bertz CT molecular complexity index is 1110. The van der Waals surface area contributed by atoms with E-state index in [2.05, 4.69) is 4.98 Å². The fourth-order valence-electron chi connectivity index (χ4n) is 2.91. The molecule has 4 rings (SSSR count). The second-order valence-corrected chi connectivity index (χ2v) is 6.57. The van der Waals surface area contributed by atoms with Crippen molar-refractivity contribution in [2.75, 3.05) is 13.2 Å². The molecule has 0 radical (unpaired) electrons. The van der Waals surface area contributed by atoms with Crippen LogP contribution in [0.4, 0.5) is 0 Å². The third kappa shape index (κ3) is 5.51. The average Bonchev–Trinajstić information content (AvgIpc) is 3.31. The number of carbonyl (C=O) groups is 1. The summed E-state index contributed by atoms with van der Waals surface area (Å²) in [7, 11) is 0. The van der Waals surface area contributed by atoms with Crippen molar-refractivity contribution in [1.82, 2.24) is 4.98 Å². The third-order valence-corrected chi connectivity index (χ3v) is 4.40. The molecule has 0 N–H and O–H groups in total. The number of esters is 1. The summed E-state index contributed by atoms with van der Waals surface area (Å²) in [6, 6.07) is 26.0. The van der Waals surface area contributed by atoms with Crippen LogP contribution in [0.2, 0.25) is 0 Å². The van der Waals surface area contributed by atoms with Gasteiger partial charge in [-0.1, -0.05) is 60.7 Å². The van der Waals surface area contributed by atoms with Gasteiger partial charge in [-0.3, -0.25) is 0 Å². The molecule has 6 heteroatoms. The highest BCUT2D eigenvalue weighted by atomic mass is 16.5. The molecule has 6 nitrogen and oxygen atoms in total. The first-order valence-electron chi connectivity index (χ1n) is 9.86. The molecule has 31 heavy (non-hydrogen) atoms. The van der Waals surface area contributed by atoms with E-state index in [0.717, 1.165) is 11.3 Å². The molecule has 0 atom stereocenters. The SMILES string of the molecule is O=C(OCc1ncc(-c2ccccc2)o1)c1ccccc1OCCOc1ccccc1. The summed E-state index contributed by atoms with van der Waals surface area (Å²) in [5.41, 5.74) is 1.24. The van der Waals surface area contributed by atoms with Crippen molar-refractivity contribution < 1.29 is 23.4 Å². The maximum absolute atomic E-state index is 12.6. The Kier molecular flexibility index (Phi) is 6.60. The Hall–Kier alpha value is -4.06. The summed E-state index contributed by atoms with van der Waals surface area (Å²) < 4.78 is 22.4. The Labute approximate surface area is 180 Å². The van der Waals surface area contributed by atoms with E-state index < -0.39 is 5.97 Å². The number of oxazole rings is 1. The van der Waals surface area contributed by atoms with E-state index in [1.54, 1.807) is 30.5 Å². The summed E-state index contributed by atoms with van der Waals surface area (Å²) in [5.74, 6) is 1.62. The number of hydrogen-bond acceptors (Lipinski definition) is 6. The standard InChI is InChI=1S/C25H21NO5/c27-25(30-18-24-26-17-23(31-24)19-9-3-1-4-10-19)21-13-7-8-14-22(21)29-16-15-28-20-11-5-2-6-12-20/h1-14,17H,15-16,18H2. The smallest absolute Gasteiger partial charge is 0.342 e. The molecule has 0 saturated heterocycles. The number of rotatable bonds is 9. The van der Waals surface area contributed by atoms with E-state index in [4.69, 9.17) is 18.6 Å². The minimum Gasteiger partial charge on any atom is -0.490 e. The van der Waals surface area contributed by atoms with E-state index >= 15 is 0 Å². The van der Waals surface area contributed by atoms with Crippen LogP contribution in [-0.4, -0.2) is 24.2 Å². The van der Waals surface area contributed by atoms with Gasteiger partial charge in [0.15, 0.2) is 12.4 Å². The van der Waals surface area contributed by atoms with Gasteiger partial charge >= 0.3 is 5.97 Å². The molecule has 156 valence electrons. The van der Waals surface area contributed by atoms with E-state index in [1.807, 2.05) is 60.7 Å². The highest BCUT2D eigenvalue weighted by Gasteiger charge is 2.15. The van der Waals surface area contributed by atoms with Crippen LogP contribution in [0.15, 0.2) is 95.5 Å². The lowest BCUT2D eigenvalue weighted by Gasteiger charge is -2.11. The van der Waals surface area contributed by atoms with Crippen molar-refractivity contribution in [2.24, 2.45) is 0 Å². The number of carbonyl (C=O) groups excluding carboxylic acids is 1. The first kappa shape index (κ1) is 20.2. The highest BCUT2D eigenvalue weighted by molar-refractivity contribution is 5.92. The minimum atomic E-state index is -0.515. The summed E-state index contributed by atoms with van der Waals surface area (Å²) >= 11 is 0. The molecule has 1 aromatic heterocycles. The molecule has 0 unspecified atom stereocenters. The second-order valence-electron chi connectivity index (χ2n) is 6.57. The van der Waals surface area contributed by atoms with Crippen LogP contribution >= 0.6 is 0 Å². The van der Waals surface area contributed by atoms with Gasteiger partial charge in [-0.2, -0.15) is 0 Å². The van der Waals surface area contributed by atoms with Gasteiger partial charge in [0.1, 0.15) is 30.3 Å². The van der Waals surface area contributed by atoms with E-state index in [-0.39, 0.29) is 6.61 Å². The van der Waals surface area contributed by atoms with Gasteiger partial charge in [-0.25, -0.2) is 9.78 Å². The number of ether oxygens (including phenoxy) is 3. The predicted molar refractivity (Wildman–Crippen MR) is 115 cm³/mol. The summed E-state index contributed by atoms with van der Waals surface area (Å²) in [6.07, 6.45) is 1.61. The van der Waals surface area contributed by atoms with Gasteiger partial charge in [0.2, 0.25) is 5.89 Å². The van der Waals surface area contributed by atoms with Crippen LogP contribution in [-0.2, 0) is 11.3 Å². The summed E-state index contributed by atoms with van der Waals surface area (Å²) in [4.78, 5) is 16.7. The molecular formula is C25H21NO5. The van der Waals surface area contributed by atoms with Gasteiger partial charge in [-0.15, -0.1) is 0 Å². The first-order valence-corrected chi connectivity index (χ1v) is 9.86. The second kappa shape index (κ2) is 10.1. The molecule has 0 bridgehead atoms. The molecule has 0 aliphatic carbocycles. The molecule has 0 aliphatic rings. The quantitative estimate of drug-likeness (QED) is 0.278. The zero-order valence-corrected chi connectivity index (χ0v) is 16.8. The molecule has 3 aromatic carbocycles. The average molecular weight is 415 g/mol. The third-order valence-electron chi connectivity index (χ3n) is 4.40. The van der Waals surface area contributed by atoms with Crippen LogP contribution in [0.5, 0.6) is 11.5 Å². The number of nitrogens with zero attached hydrogens (tertiary/aromatic N) is 1. The lowest BCUT2D eigenvalue weighted by molar-refractivity contribution is 0.0433. The predicted octanol–water partition coefficient (Wildman–Crippen LogP) is 5.16. The van der Waals surface area contributed by atoms with Crippen LogP contribution in [0.3, 0.4) is 0 Å². The fourth-order valence-corrected chi connectivity index (χ4v) is 2.91. The fraction of sp³-hybridized carbons (Fsp3) is 0.120. The normalized spacial score (nSPS) is 10.5. The van der Waals surface area contributed by atoms with Crippen molar-refractivity contribution in [3.8, 4) is 22.8 Å². The largest absolute Gasteiger partial charge is 0.490 e. The van der Waals surface area contributed by atoms with Crippen LogP contribution in [0.25, 0.3) is 11.3 Å². The molecule has 1 heterocycles. The van der Waals surface area contributed by atoms with Gasteiger partial charge in [0.05, 0.1) is 6.20 Å². The summed E-state index contributed by atoms with van der Waals surface area (Å²) in [5, 5.41) is 0. The number of aromatic nitrogens is 1. The van der Waals surface area contributed by atoms with Gasteiger partial charge < -0.3 is 18.6 Å². The topological polar surface area (TPSA) is 70.8 Å². The van der Waals surface area contributed by atoms with Crippen molar-refractivity contribution >= 4 is 5.97 Å². The van der Waals surface area contributed by atoms with E-state index in [1.165, 1.54) is 0 Å². The highest BCUT2D eigenvalue weighted by Crippen LogP contribution is 2.22. The Morgan fingerprint density at radius 3 is 2.29 bits per heavy atom. The monoisotopic (exact) mass is 415 g/mol. The Morgan fingerprint density at radius 2 is 1.48 bits per heavy atom. The molecule has 0 fully saturated rings. The van der Waals surface area contributed by atoms with Gasteiger partial charge in [0, 0.05) is 5.56 Å². The lowest BCUT2D eigenvalue weighted by Crippen LogP contribution is -2.12. The van der Waals surface area contributed by atoms with Crippen molar-refractivity contribution in [1.29, 1.82) is 0 Å². The van der Waals surface area contributed by atoms with Gasteiger partial charge in [-0.05, 0) is 24.3 Å². The molecule has 4 aromatic rings. The maximum atomic E-state index is 12.6. The van der Waals surface area contributed by atoms with Crippen molar-refractivity contribution in [2.45, 2.75) is 6.61 Å². The Morgan fingerprint density at radius 1 is 0.806 bits per heavy atom. The molecule has 0 amide bonds. The number of benzene rings is 3. The van der Waals surface area contributed by atoms with E-state index in [0.29, 0.717) is 36.2 Å². The molecule has 0 saturated carbocycles. The molecule has 0 spiro atoms. The molecular weight excluding hydrogens is 394 g/mol. The zero-order chi connectivity index (χ0) is 21.3. The number of para-hydroxylation sites is 2. The van der Waals surface area contributed by atoms with E-state index in [9.17, 15) is 4.79 Å². The van der Waals surface area contributed by atoms with Crippen LogP contribution in [0, 0.1) is 0 Å². The van der Waals surface area contributed by atoms with Crippen molar-refractivity contribution in [3.05, 3.63) is 103 Å². The number of hydrogen-bond donors (Lipinski definition) is 0. The van der Waals surface area contributed by atoms with Crippen LogP contribution < -0.4 is 9.47 Å². The summed E-state index contributed by atoms with van der Waals surface area (Å²) in [6.45, 7) is 0.572. The lowest BCUT2D eigenvalue weighted by atomic mass is 10.2. The Balaban J connectivity index is 1.31. The van der Waals surface area contributed by atoms with Gasteiger partial charge in [0.25, 0.3) is 0 Å². The zero-order valence-electron chi connectivity index (χ0n) is 16.8. The first-order chi connectivity index (χ1) is 15.3. The maximum Gasteiger partial charge on any atom is 0.342 e.